The van der Waals surface area contributed by atoms with Gasteiger partial charge < -0.3 is 15.8 Å². The molecule has 1 atom stereocenters. The third-order valence-electron chi connectivity index (χ3n) is 3.00. The summed E-state index contributed by atoms with van der Waals surface area (Å²) in [6.07, 6.45) is 2.95. The largest absolute Gasteiger partial charge is 0.396 e. The Morgan fingerprint density at radius 2 is 2.00 bits per heavy atom. The van der Waals surface area contributed by atoms with E-state index in [4.69, 9.17) is 10.9 Å². The van der Waals surface area contributed by atoms with Gasteiger partial charge in [0.2, 0.25) is 0 Å². The van der Waals surface area contributed by atoms with Gasteiger partial charge in [-0.25, -0.2) is 15.8 Å². The molecule has 0 saturated heterocycles. The number of aliphatic hydroxyl groups is 1. The van der Waals surface area contributed by atoms with Gasteiger partial charge in [-0.05, 0) is 18.8 Å². The summed E-state index contributed by atoms with van der Waals surface area (Å²) in [5, 5.41) is 12.5. The lowest BCUT2D eigenvalue weighted by Gasteiger charge is -2.23. The molecule has 1 aromatic heterocycles. The molecule has 0 aliphatic carbocycles. The van der Waals surface area contributed by atoms with Gasteiger partial charge >= 0.3 is 0 Å². The third kappa shape index (κ3) is 3.54. The van der Waals surface area contributed by atoms with Crippen LogP contribution in [0.5, 0.6) is 0 Å². The van der Waals surface area contributed by atoms with E-state index in [9.17, 15) is 0 Å². The maximum absolute atomic E-state index is 9.09. The van der Waals surface area contributed by atoms with Gasteiger partial charge in [-0.3, -0.25) is 0 Å². The molecule has 0 saturated carbocycles. The number of nitrogens with two attached hydrogens (primary N) is 1. The van der Waals surface area contributed by atoms with Crippen LogP contribution in [0.4, 0.5) is 11.6 Å². The van der Waals surface area contributed by atoms with Crippen LogP contribution in [0.1, 0.15) is 32.8 Å². The van der Waals surface area contributed by atoms with Crippen LogP contribution in [-0.4, -0.2) is 27.7 Å². The number of aliphatic hydroxyl groups excluding tert-OH is 1. The van der Waals surface area contributed by atoms with Gasteiger partial charge in [0.25, 0.3) is 0 Å². The molecule has 102 valence electrons. The average Bonchev–Trinajstić information content (AvgIpc) is 2.37. The Kier molecular flexibility index (Phi) is 5.80. The number of hydrazine groups is 1. The minimum absolute atomic E-state index is 0.157. The fraction of sp³-hybridized carbons (Fsp3) is 0.667. The number of nitrogens with one attached hydrogen (secondary N) is 2. The van der Waals surface area contributed by atoms with Crippen LogP contribution < -0.4 is 16.6 Å². The molecule has 0 fully saturated rings. The Morgan fingerprint density at radius 1 is 1.33 bits per heavy atom. The molecule has 0 radical (unpaired) electrons. The molecule has 1 aromatic rings. The zero-order valence-corrected chi connectivity index (χ0v) is 11.3. The molecule has 6 nitrogen and oxygen atoms in total. The van der Waals surface area contributed by atoms with Gasteiger partial charge in [0.1, 0.15) is 18.0 Å². The number of rotatable bonds is 7. The van der Waals surface area contributed by atoms with Gasteiger partial charge in [-0.1, -0.05) is 20.8 Å². The van der Waals surface area contributed by atoms with Crippen LogP contribution >= 0.6 is 0 Å². The minimum Gasteiger partial charge on any atom is -0.396 e. The van der Waals surface area contributed by atoms with Crippen LogP contribution in [0.15, 0.2) is 6.33 Å². The highest BCUT2D eigenvalue weighted by Crippen LogP contribution is 2.22. The maximum Gasteiger partial charge on any atom is 0.148 e. The minimum atomic E-state index is 0.157. The summed E-state index contributed by atoms with van der Waals surface area (Å²) in [5.74, 6) is 7.27. The molecule has 0 aromatic carbocycles. The SMILES string of the molecule is CCc1c(NN)ncnc1NC(CCO)C(C)C. The van der Waals surface area contributed by atoms with Crippen LogP contribution in [0.3, 0.4) is 0 Å². The Bertz CT molecular complexity index is 369. The predicted molar refractivity (Wildman–Crippen MR) is 73.2 cm³/mol. The molecule has 0 amide bonds. The Balaban J connectivity index is 2.94. The maximum atomic E-state index is 9.09. The highest BCUT2D eigenvalue weighted by Gasteiger charge is 2.16. The highest BCUT2D eigenvalue weighted by molar-refractivity contribution is 5.57. The van der Waals surface area contributed by atoms with E-state index in [1.165, 1.54) is 6.33 Å². The highest BCUT2D eigenvalue weighted by atomic mass is 16.3. The molecule has 0 aliphatic rings. The molecular weight excluding hydrogens is 230 g/mol. The smallest absolute Gasteiger partial charge is 0.148 e. The fourth-order valence-electron chi connectivity index (χ4n) is 1.88. The van der Waals surface area contributed by atoms with Gasteiger partial charge in [-0.2, -0.15) is 0 Å². The molecular formula is C12H23N5O. The van der Waals surface area contributed by atoms with Crippen LogP contribution in [-0.2, 0) is 6.42 Å². The Hall–Kier alpha value is -1.40. The van der Waals surface area contributed by atoms with E-state index in [2.05, 4.69) is 34.6 Å². The number of anilines is 2. The Morgan fingerprint density at radius 3 is 2.50 bits per heavy atom. The first-order valence-electron chi connectivity index (χ1n) is 6.31. The first-order valence-corrected chi connectivity index (χ1v) is 6.31. The number of nitrogen functional groups attached to an aromatic ring is 1. The molecule has 1 unspecified atom stereocenters. The second kappa shape index (κ2) is 7.13. The van der Waals surface area contributed by atoms with Gasteiger partial charge in [0.05, 0.1) is 0 Å². The summed E-state index contributed by atoms with van der Waals surface area (Å²) in [4.78, 5) is 8.35. The third-order valence-corrected chi connectivity index (χ3v) is 3.00. The summed E-state index contributed by atoms with van der Waals surface area (Å²) in [6, 6.07) is 0.181. The van der Waals surface area contributed by atoms with E-state index in [-0.39, 0.29) is 12.6 Å². The van der Waals surface area contributed by atoms with E-state index in [0.717, 1.165) is 17.8 Å². The van der Waals surface area contributed by atoms with Crippen molar-refractivity contribution >= 4 is 11.6 Å². The monoisotopic (exact) mass is 253 g/mol. The topological polar surface area (TPSA) is 96.1 Å². The number of hydrogen-bond donors (Lipinski definition) is 4. The van der Waals surface area contributed by atoms with Crippen molar-refractivity contribution in [3.8, 4) is 0 Å². The molecule has 1 heterocycles. The lowest BCUT2D eigenvalue weighted by molar-refractivity contribution is 0.267. The predicted octanol–water partition coefficient (Wildman–Crippen LogP) is 1.14. The average molecular weight is 253 g/mol. The van der Waals surface area contributed by atoms with Gasteiger partial charge in [0.15, 0.2) is 0 Å². The zero-order chi connectivity index (χ0) is 13.5. The van der Waals surface area contributed by atoms with E-state index < -0.39 is 0 Å². The fourth-order valence-corrected chi connectivity index (χ4v) is 1.88. The van der Waals surface area contributed by atoms with Crippen molar-refractivity contribution < 1.29 is 5.11 Å². The van der Waals surface area contributed by atoms with E-state index in [1.54, 1.807) is 0 Å². The summed E-state index contributed by atoms with van der Waals surface area (Å²) < 4.78 is 0. The van der Waals surface area contributed by atoms with Crippen LogP contribution in [0.2, 0.25) is 0 Å². The van der Waals surface area contributed by atoms with Crippen LogP contribution in [0, 0.1) is 5.92 Å². The number of aromatic nitrogens is 2. The lowest BCUT2D eigenvalue weighted by atomic mass is 10.0. The van der Waals surface area contributed by atoms with E-state index in [0.29, 0.717) is 18.2 Å². The van der Waals surface area contributed by atoms with Crippen molar-refractivity contribution in [2.24, 2.45) is 11.8 Å². The second-order valence-corrected chi connectivity index (χ2v) is 4.55. The molecule has 1 rings (SSSR count). The number of nitrogens with zero attached hydrogens (tertiary/aromatic N) is 2. The quantitative estimate of drug-likeness (QED) is 0.430. The standard InChI is InChI=1S/C12H23N5O/c1-4-9-11(14-7-15-12(9)17-13)16-10(5-6-18)8(2)3/h7-8,10,18H,4-6,13H2,1-3H3,(H2,14,15,16,17). The van der Waals surface area contributed by atoms with Crippen molar-refractivity contribution in [1.82, 2.24) is 9.97 Å². The second-order valence-electron chi connectivity index (χ2n) is 4.55. The number of hydrogen-bond acceptors (Lipinski definition) is 6. The summed E-state index contributed by atoms with van der Waals surface area (Å²) in [7, 11) is 0. The molecule has 0 bridgehead atoms. The van der Waals surface area contributed by atoms with Crippen molar-refractivity contribution in [2.75, 3.05) is 17.3 Å². The normalized spacial score (nSPS) is 12.6. The first-order chi connectivity index (χ1) is 8.63. The lowest BCUT2D eigenvalue weighted by Crippen LogP contribution is -2.28. The summed E-state index contributed by atoms with van der Waals surface area (Å²) in [5.41, 5.74) is 3.54. The van der Waals surface area contributed by atoms with Crippen molar-refractivity contribution in [1.29, 1.82) is 0 Å². The van der Waals surface area contributed by atoms with E-state index in [1.807, 2.05) is 6.92 Å². The molecule has 18 heavy (non-hydrogen) atoms. The summed E-state index contributed by atoms with van der Waals surface area (Å²) in [6.45, 7) is 6.41. The van der Waals surface area contributed by atoms with E-state index >= 15 is 0 Å². The van der Waals surface area contributed by atoms with Crippen molar-refractivity contribution in [3.63, 3.8) is 0 Å². The first kappa shape index (κ1) is 14.7. The molecule has 0 aliphatic heterocycles. The van der Waals surface area contributed by atoms with Gasteiger partial charge in [-0.15, -0.1) is 0 Å². The summed E-state index contributed by atoms with van der Waals surface area (Å²) >= 11 is 0. The molecule has 0 spiro atoms. The van der Waals surface area contributed by atoms with Crippen molar-refractivity contribution in [3.05, 3.63) is 11.9 Å². The molecule has 5 N–H and O–H groups in total. The van der Waals surface area contributed by atoms with Crippen LogP contribution in [0.25, 0.3) is 0 Å². The zero-order valence-electron chi connectivity index (χ0n) is 11.3. The van der Waals surface area contributed by atoms with Crippen molar-refractivity contribution in [2.45, 2.75) is 39.7 Å². The van der Waals surface area contributed by atoms with Gasteiger partial charge in [0, 0.05) is 18.2 Å². The molecule has 6 heteroatoms. The Labute approximate surface area is 108 Å².